The van der Waals surface area contributed by atoms with Gasteiger partial charge in [0.25, 0.3) is 0 Å². The fourth-order valence-electron chi connectivity index (χ4n) is 2.77. The van der Waals surface area contributed by atoms with Gasteiger partial charge in [0, 0.05) is 19.3 Å². The van der Waals surface area contributed by atoms with E-state index < -0.39 is 10.0 Å². The minimum atomic E-state index is -3.54. The molecule has 6 nitrogen and oxygen atoms in total. The summed E-state index contributed by atoms with van der Waals surface area (Å²) in [5, 5.41) is 0.993. The first-order valence-corrected chi connectivity index (χ1v) is 11.3. The summed E-state index contributed by atoms with van der Waals surface area (Å²) in [5.41, 5.74) is 0.993. The number of hydrogen-bond acceptors (Lipinski definition) is 6. The van der Waals surface area contributed by atoms with E-state index >= 15 is 0 Å². The van der Waals surface area contributed by atoms with Gasteiger partial charge in [0.15, 0.2) is 0 Å². The lowest BCUT2D eigenvalue weighted by atomic mass is 10.2. The van der Waals surface area contributed by atoms with Crippen molar-refractivity contribution in [2.75, 3.05) is 11.9 Å². The Kier molecular flexibility index (Phi) is 6.08. The molecule has 0 saturated heterocycles. The van der Waals surface area contributed by atoms with Gasteiger partial charge in [0.1, 0.15) is 15.7 Å². The number of hydrogen-bond donors (Lipinski definition) is 1. The van der Waals surface area contributed by atoms with Crippen molar-refractivity contribution in [3.05, 3.63) is 47.6 Å². The molecule has 1 N–H and O–H groups in total. The second-order valence-corrected chi connectivity index (χ2v) is 9.25. The lowest BCUT2D eigenvalue weighted by molar-refractivity contribution is 0.530. The van der Waals surface area contributed by atoms with Crippen LogP contribution in [0.4, 0.5) is 5.82 Å². The van der Waals surface area contributed by atoms with E-state index in [4.69, 9.17) is 0 Å². The first kappa shape index (κ1) is 19.7. The highest BCUT2D eigenvalue weighted by Crippen LogP contribution is 2.24. The fourth-order valence-corrected chi connectivity index (χ4v) is 5.14. The average Bonchev–Trinajstić information content (AvgIpc) is 3.08. The van der Waals surface area contributed by atoms with Crippen LogP contribution < -0.4 is 9.62 Å². The quantitative estimate of drug-likeness (QED) is 0.618. The molecule has 0 aliphatic rings. The van der Waals surface area contributed by atoms with E-state index in [1.54, 1.807) is 23.5 Å². The number of rotatable bonds is 8. The summed E-state index contributed by atoms with van der Waals surface area (Å²) >= 11 is 1.65. The minimum Gasteiger partial charge on any atom is -0.353 e. The van der Waals surface area contributed by atoms with Crippen molar-refractivity contribution >= 4 is 37.4 Å². The number of pyridine rings is 1. The highest BCUT2D eigenvalue weighted by molar-refractivity contribution is 7.89. The average molecular weight is 405 g/mol. The molecule has 0 bridgehead atoms. The van der Waals surface area contributed by atoms with Gasteiger partial charge in [-0.15, -0.1) is 11.3 Å². The van der Waals surface area contributed by atoms with Crippen LogP contribution in [0.15, 0.2) is 47.5 Å². The number of anilines is 1. The molecule has 0 aliphatic heterocycles. The Balaban J connectivity index is 1.72. The van der Waals surface area contributed by atoms with Gasteiger partial charge in [-0.05, 0) is 37.1 Å². The maximum Gasteiger partial charge on any atom is 0.242 e. The van der Waals surface area contributed by atoms with Crippen LogP contribution in [0.25, 0.3) is 10.2 Å². The number of nitrogens with one attached hydrogen (secondary N) is 1. The topological polar surface area (TPSA) is 75.2 Å². The second kappa shape index (κ2) is 8.33. The molecule has 0 amide bonds. The van der Waals surface area contributed by atoms with Crippen LogP contribution >= 0.6 is 11.3 Å². The number of nitrogens with zero attached hydrogens (tertiary/aromatic N) is 3. The summed E-state index contributed by atoms with van der Waals surface area (Å²) < 4.78 is 28.8. The van der Waals surface area contributed by atoms with Crippen molar-refractivity contribution in [1.29, 1.82) is 0 Å². The summed E-state index contributed by atoms with van der Waals surface area (Å²) in [7, 11) is -1.62. The number of sulfonamides is 1. The summed E-state index contributed by atoms with van der Waals surface area (Å²) in [6.45, 7) is 4.55. The number of para-hydroxylation sites is 1. The first-order valence-electron chi connectivity index (χ1n) is 8.97. The van der Waals surface area contributed by atoms with Gasteiger partial charge in [-0.3, -0.25) is 0 Å². The second-order valence-electron chi connectivity index (χ2n) is 6.42. The van der Waals surface area contributed by atoms with Crippen molar-refractivity contribution in [1.82, 2.24) is 14.7 Å². The smallest absolute Gasteiger partial charge is 0.242 e. The monoisotopic (exact) mass is 404 g/mol. The van der Waals surface area contributed by atoms with E-state index in [2.05, 4.69) is 20.8 Å². The lowest BCUT2D eigenvalue weighted by Crippen LogP contribution is -2.33. The summed E-state index contributed by atoms with van der Waals surface area (Å²) in [5.74, 6) is 0.704. The Bertz CT molecular complexity index is 963. The number of aromatic nitrogens is 2. The molecule has 0 unspecified atom stereocenters. The van der Waals surface area contributed by atoms with Gasteiger partial charge >= 0.3 is 0 Å². The number of fused-ring (bicyclic) bond motifs is 1. The number of benzene rings is 1. The molecule has 0 fully saturated rings. The highest BCUT2D eigenvalue weighted by Gasteiger charge is 2.19. The molecule has 2 heterocycles. The van der Waals surface area contributed by atoms with Crippen LogP contribution in [0, 0.1) is 0 Å². The van der Waals surface area contributed by atoms with Crippen LogP contribution in [0.3, 0.4) is 0 Å². The maximum atomic E-state index is 12.5. The predicted octanol–water partition coefficient (Wildman–Crippen LogP) is 3.79. The van der Waals surface area contributed by atoms with Crippen molar-refractivity contribution < 1.29 is 8.42 Å². The van der Waals surface area contributed by atoms with E-state index in [9.17, 15) is 8.42 Å². The van der Waals surface area contributed by atoms with Gasteiger partial charge in [-0.1, -0.05) is 26.0 Å². The molecule has 0 radical (unpaired) electrons. The van der Waals surface area contributed by atoms with Crippen LogP contribution in [0.1, 0.15) is 31.7 Å². The standard InChI is InChI=1S/C19H24N4O2S2/c1-4-14(5-2)22-27(24,25)15-10-11-18(20-12-15)23(3)13-19-21-16-8-6-7-9-17(16)26-19/h6-12,14,22H,4-5,13H2,1-3H3. The molecule has 3 aromatic rings. The van der Waals surface area contributed by atoms with Crippen molar-refractivity contribution in [3.8, 4) is 0 Å². The van der Waals surface area contributed by atoms with Gasteiger partial charge in [-0.25, -0.2) is 23.1 Å². The summed E-state index contributed by atoms with van der Waals surface area (Å²) in [6.07, 6.45) is 2.92. The third kappa shape index (κ3) is 4.63. The molecular formula is C19H24N4O2S2. The van der Waals surface area contributed by atoms with Gasteiger partial charge in [0.05, 0.1) is 16.8 Å². The largest absolute Gasteiger partial charge is 0.353 e. The third-order valence-corrected chi connectivity index (χ3v) is 6.97. The van der Waals surface area contributed by atoms with Crippen molar-refractivity contribution in [3.63, 3.8) is 0 Å². The van der Waals surface area contributed by atoms with Gasteiger partial charge in [-0.2, -0.15) is 0 Å². The van der Waals surface area contributed by atoms with Crippen LogP contribution in [0.5, 0.6) is 0 Å². The fraction of sp³-hybridized carbons (Fsp3) is 0.368. The Morgan fingerprint density at radius 3 is 2.52 bits per heavy atom. The summed E-state index contributed by atoms with van der Waals surface area (Å²) in [6, 6.07) is 11.3. The molecular weight excluding hydrogens is 380 g/mol. The molecule has 3 rings (SSSR count). The zero-order chi connectivity index (χ0) is 19.4. The van der Waals surface area contributed by atoms with Crippen molar-refractivity contribution in [2.24, 2.45) is 0 Å². The zero-order valence-corrected chi connectivity index (χ0v) is 17.3. The molecule has 27 heavy (non-hydrogen) atoms. The minimum absolute atomic E-state index is 0.0589. The Labute approximate surface area is 164 Å². The number of thiazole rings is 1. The van der Waals surface area contributed by atoms with E-state index in [1.165, 1.54) is 6.20 Å². The Hall–Kier alpha value is -2.03. The molecule has 0 aliphatic carbocycles. The normalized spacial score (nSPS) is 12.0. The molecule has 0 atom stereocenters. The molecule has 0 spiro atoms. The molecule has 1 aromatic carbocycles. The molecule has 8 heteroatoms. The molecule has 0 saturated carbocycles. The van der Waals surface area contributed by atoms with Crippen molar-refractivity contribution in [2.45, 2.75) is 44.2 Å². The van der Waals surface area contributed by atoms with Gasteiger partial charge < -0.3 is 4.90 Å². The molecule has 2 aromatic heterocycles. The van der Waals surface area contributed by atoms with E-state index in [1.807, 2.05) is 44.0 Å². The SMILES string of the molecule is CCC(CC)NS(=O)(=O)c1ccc(N(C)Cc2nc3ccccc3s2)nc1. The zero-order valence-electron chi connectivity index (χ0n) is 15.7. The maximum absolute atomic E-state index is 12.5. The Morgan fingerprint density at radius 1 is 1.15 bits per heavy atom. The van der Waals surface area contributed by atoms with Crippen LogP contribution in [0.2, 0.25) is 0 Å². The third-order valence-electron chi connectivity index (χ3n) is 4.44. The van der Waals surface area contributed by atoms with Crippen LogP contribution in [-0.4, -0.2) is 31.5 Å². The predicted molar refractivity (Wildman–Crippen MR) is 111 cm³/mol. The van der Waals surface area contributed by atoms with E-state index in [0.29, 0.717) is 12.4 Å². The summed E-state index contributed by atoms with van der Waals surface area (Å²) in [4.78, 5) is 11.1. The molecule has 144 valence electrons. The lowest BCUT2D eigenvalue weighted by Gasteiger charge is -2.18. The van der Waals surface area contributed by atoms with E-state index in [0.717, 1.165) is 28.1 Å². The highest BCUT2D eigenvalue weighted by atomic mass is 32.2. The Morgan fingerprint density at radius 2 is 1.89 bits per heavy atom. The van der Waals surface area contributed by atoms with Crippen LogP contribution in [-0.2, 0) is 16.6 Å². The first-order chi connectivity index (χ1) is 12.9. The van der Waals surface area contributed by atoms with Gasteiger partial charge in [0.2, 0.25) is 10.0 Å². The van der Waals surface area contributed by atoms with E-state index in [-0.39, 0.29) is 10.9 Å².